The Morgan fingerprint density at radius 1 is 1.07 bits per heavy atom. The SMILES string of the molecule is Cc1ccc([C@@H]2C[C@H](c3ccccc3)n3nc(NS(=O)(=O)N(C)C)nc3N2)cc1. The lowest BCUT2D eigenvalue weighted by molar-refractivity contribution is 0.431. The van der Waals surface area contributed by atoms with Crippen LogP contribution in [0.1, 0.15) is 35.2 Å². The molecule has 1 aliphatic rings. The molecular weight excluding hydrogens is 388 g/mol. The Bertz CT molecular complexity index is 1090. The van der Waals surface area contributed by atoms with Crippen molar-refractivity contribution in [2.24, 2.45) is 0 Å². The smallest absolute Gasteiger partial charge is 0.303 e. The third-order valence-corrected chi connectivity index (χ3v) is 6.46. The second-order valence-corrected chi connectivity index (χ2v) is 9.25. The summed E-state index contributed by atoms with van der Waals surface area (Å²) in [4.78, 5) is 4.41. The van der Waals surface area contributed by atoms with E-state index in [1.165, 1.54) is 19.7 Å². The molecule has 0 fully saturated rings. The molecule has 0 saturated carbocycles. The van der Waals surface area contributed by atoms with Crippen LogP contribution in [0.3, 0.4) is 0 Å². The van der Waals surface area contributed by atoms with Gasteiger partial charge in [0.05, 0.1) is 12.1 Å². The van der Waals surface area contributed by atoms with Gasteiger partial charge in [0.25, 0.3) is 5.95 Å². The first-order valence-corrected chi connectivity index (χ1v) is 10.8. The Morgan fingerprint density at radius 3 is 2.41 bits per heavy atom. The Kier molecular flexibility index (Phi) is 5.01. The van der Waals surface area contributed by atoms with Crippen LogP contribution in [-0.4, -0.2) is 41.6 Å². The zero-order chi connectivity index (χ0) is 20.6. The molecule has 9 heteroatoms. The first kappa shape index (κ1) is 19.4. The lowest BCUT2D eigenvalue weighted by Gasteiger charge is -2.31. The topological polar surface area (TPSA) is 92.2 Å². The number of anilines is 2. The van der Waals surface area contributed by atoms with E-state index in [4.69, 9.17) is 0 Å². The van der Waals surface area contributed by atoms with Crippen molar-refractivity contribution < 1.29 is 8.42 Å². The van der Waals surface area contributed by atoms with Crippen molar-refractivity contribution in [2.45, 2.75) is 25.4 Å². The van der Waals surface area contributed by atoms with Gasteiger partial charge in [0.15, 0.2) is 0 Å². The van der Waals surface area contributed by atoms with Crippen LogP contribution in [0.2, 0.25) is 0 Å². The number of benzene rings is 2. The monoisotopic (exact) mass is 412 g/mol. The summed E-state index contributed by atoms with van der Waals surface area (Å²) in [5, 5.41) is 7.85. The summed E-state index contributed by atoms with van der Waals surface area (Å²) in [5.74, 6) is 0.582. The average Bonchev–Trinajstić information content (AvgIpc) is 3.10. The molecule has 1 aromatic heterocycles. The summed E-state index contributed by atoms with van der Waals surface area (Å²) in [6, 6.07) is 18.4. The van der Waals surface area contributed by atoms with Gasteiger partial charge in [-0.05, 0) is 24.5 Å². The zero-order valence-corrected chi connectivity index (χ0v) is 17.4. The van der Waals surface area contributed by atoms with Gasteiger partial charge in [-0.25, -0.2) is 9.40 Å². The number of fused-ring (bicyclic) bond motifs is 1. The highest BCUT2D eigenvalue weighted by atomic mass is 32.2. The summed E-state index contributed by atoms with van der Waals surface area (Å²) >= 11 is 0. The van der Waals surface area contributed by atoms with E-state index in [1.807, 2.05) is 18.2 Å². The van der Waals surface area contributed by atoms with Crippen molar-refractivity contribution in [3.8, 4) is 0 Å². The minimum absolute atomic E-state index is 0.0378. The molecule has 152 valence electrons. The van der Waals surface area contributed by atoms with Crippen molar-refractivity contribution in [1.82, 2.24) is 19.1 Å². The van der Waals surface area contributed by atoms with Gasteiger partial charge in [-0.3, -0.25) is 0 Å². The van der Waals surface area contributed by atoms with Crippen molar-refractivity contribution in [2.75, 3.05) is 24.1 Å². The molecule has 0 aliphatic carbocycles. The molecule has 0 bridgehead atoms. The zero-order valence-electron chi connectivity index (χ0n) is 16.6. The highest BCUT2D eigenvalue weighted by molar-refractivity contribution is 7.90. The molecule has 0 amide bonds. The maximum atomic E-state index is 12.2. The Balaban J connectivity index is 1.73. The van der Waals surface area contributed by atoms with Crippen LogP contribution >= 0.6 is 0 Å². The summed E-state index contributed by atoms with van der Waals surface area (Å²) < 4.78 is 29.6. The van der Waals surface area contributed by atoms with Gasteiger partial charge in [-0.2, -0.15) is 17.7 Å². The molecule has 2 aromatic carbocycles. The second kappa shape index (κ2) is 7.49. The van der Waals surface area contributed by atoms with Crippen molar-refractivity contribution in [1.29, 1.82) is 0 Å². The van der Waals surface area contributed by atoms with E-state index in [0.717, 1.165) is 21.9 Å². The number of aromatic nitrogens is 3. The first-order valence-electron chi connectivity index (χ1n) is 9.38. The molecule has 8 nitrogen and oxygen atoms in total. The van der Waals surface area contributed by atoms with Crippen LogP contribution in [-0.2, 0) is 10.2 Å². The van der Waals surface area contributed by atoms with E-state index >= 15 is 0 Å². The van der Waals surface area contributed by atoms with E-state index in [-0.39, 0.29) is 18.0 Å². The highest BCUT2D eigenvalue weighted by Gasteiger charge is 2.31. The molecule has 2 N–H and O–H groups in total. The number of hydrogen-bond acceptors (Lipinski definition) is 5. The molecule has 29 heavy (non-hydrogen) atoms. The van der Waals surface area contributed by atoms with Gasteiger partial charge < -0.3 is 5.32 Å². The predicted molar refractivity (Wildman–Crippen MR) is 113 cm³/mol. The van der Waals surface area contributed by atoms with Crippen LogP contribution in [0.4, 0.5) is 11.9 Å². The normalized spacial score (nSPS) is 18.9. The van der Waals surface area contributed by atoms with Gasteiger partial charge in [-0.15, -0.1) is 5.10 Å². The third kappa shape index (κ3) is 3.96. The number of nitrogens with one attached hydrogen (secondary N) is 2. The van der Waals surface area contributed by atoms with Crippen molar-refractivity contribution >= 4 is 22.1 Å². The molecular formula is C20H24N6O2S. The van der Waals surface area contributed by atoms with E-state index < -0.39 is 10.2 Å². The molecule has 2 heterocycles. The van der Waals surface area contributed by atoms with Crippen LogP contribution in [0, 0.1) is 6.92 Å². The van der Waals surface area contributed by atoms with E-state index in [9.17, 15) is 8.42 Å². The summed E-state index contributed by atoms with van der Waals surface area (Å²) in [6.45, 7) is 2.06. The minimum atomic E-state index is -3.69. The van der Waals surface area contributed by atoms with E-state index in [1.54, 1.807) is 4.68 Å². The van der Waals surface area contributed by atoms with E-state index in [0.29, 0.717) is 5.95 Å². The van der Waals surface area contributed by atoms with Crippen molar-refractivity contribution in [3.05, 3.63) is 71.3 Å². The third-order valence-electron chi connectivity index (χ3n) is 5.05. The number of nitrogens with zero attached hydrogens (tertiary/aromatic N) is 4. The minimum Gasteiger partial charge on any atom is -0.347 e. The summed E-state index contributed by atoms with van der Waals surface area (Å²) in [7, 11) is -0.776. The number of hydrogen-bond donors (Lipinski definition) is 2. The average molecular weight is 413 g/mol. The Morgan fingerprint density at radius 2 is 1.76 bits per heavy atom. The molecule has 4 rings (SSSR count). The van der Waals surface area contributed by atoms with E-state index in [2.05, 4.69) is 63.4 Å². The molecule has 1 aliphatic heterocycles. The molecule has 0 saturated heterocycles. The Labute approximate surface area is 170 Å². The summed E-state index contributed by atoms with van der Waals surface area (Å²) in [5.41, 5.74) is 3.45. The quantitative estimate of drug-likeness (QED) is 0.672. The van der Waals surface area contributed by atoms with Gasteiger partial charge in [0.2, 0.25) is 5.95 Å². The molecule has 3 aromatic rings. The maximum Gasteiger partial charge on any atom is 0.303 e. The van der Waals surface area contributed by atoms with Crippen LogP contribution in [0.5, 0.6) is 0 Å². The largest absolute Gasteiger partial charge is 0.347 e. The predicted octanol–water partition coefficient (Wildman–Crippen LogP) is 2.95. The van der Waals surface area contributed by atoms with Crippen molar-refractivity contribution in [3.63, 3.8) is 0 Å². The number of rotatable bonds is 5. The fourth-order valence-corrected chi connectivity index (χ4v) is 3.90. The van der Waals surface area contributed by atoms with Gasteiger partial charge in [0.1, 0.15) is 0 Å². The maximum absolute atomic E-state index is 12.2. The Hall–Kier alpha value is -2.91. The van der Waals surface area contributed by atoms with Crippen LogP contribution in [0.25, 0.3) is 0 Å². The first-order chi connectivity index (χ1) is 13.8. The van der Waals surface area contributed by atoms with Crippen LogP contribution < -0.4 is 10.0 Å². The number of aryl methyl sites for hydroxylation is 1. The second-order valence-electron chi connectivity index (χ2n) is 7.36. The molecule has 0 unspecified atom stereocenters. The highest BCUT2D eigenvalue weighted by Crippen LogP contribution is 2.38. The van der Waals surface area contributed by atoms with Gasteiger partial charge >= 0.3 is 10.2 Å². The summed E-state index contributed by atoms with van der Waals surface area (Å²) in [6.07, 6.45) is 0.767. The van der Waals surface area contributed by atoms with Gasteiger partial charge in [-0.1, -0.05) is 60.2 Å². The molecule has 0 radical (unpaired) electrons. The van der Waals surface area contributed by atoms with Gasteiger partial charge in [0, 0.05) is 14.1 Å². The lowest BCUT2D eigenvalue weighted by Crippen LogP contribution is -2.29. The molecule has 2 atom stereocenters. The van der Waals surface area contributed by atoms with Crippen LogP contribution in [0.15, 0.2) is 54.6 Å². The lowest BCUT2D eigenvalue weighted by atomic mass is 9.93. The fraction of sp³-hybridized carbons (Fsp3) is 0.300. The molecule has 0 spiro atoms. The standard InChI is InChI=1S/C20H24N6O2S/c1-14-9-11-15(12-10-14)17-13-18(16-7-5-4-6-8-16)26-20(21-17)22-19(23-26)24-29(27,28)25(2)3/h4-12,17-18H,13H2,1-3H3,(H2,21,22,23,24)/t17-,18+/m0/s1. The fourth-order valence-electron chi connectivity index (χ4n) is 3.40.